The molecule has 0 bridgehead atoms. The second-order valence-electron chi connectivity index (χ2n) is 3.81. The van der Waals surface area contributed by atoms with Crippen LogP contribution in [0.15, 0.2) is 29.1 Å². The van der Waals surface area contributed by atoms with Crippen LogP contribution in [-0.4, -0.2) is 9.78 Å². The Bertz CT molecular complexity index is 654. The molecule has 0 unspecified atom stereocenters. The smallest absolute Gasteiger partial charge is 0.204 e. The summed E-state index contributed by atoms with van der Waals surface area (Å²) in [6, 6.07) is 5.67. The zero-order valence-electron chi connectivity index (χ0n) is 9.65. The largest absolute Gasteiger partial charge is 0.325 e. The van der Waals surface area contributed by atoms with Gasteiger partial charge in [-0.25, -0.2) is 9.07 Å². The third-order valence-corrected chi connectivity index (χ3v) is 2.81. The summed E-state index contributed by atoms with van der Waals surface area (Å²) in [5.41, 5.74) is 6.68. The Hall–Kier alpha value is -1.72. The molecular formula is C12H11ClFN3O. The van der Waals surface area contributed by atoms with Crippen molar-refractivity contribution in [3.05, 3.63) is 56.7 Å². The van der Waals surface area contributed by atoms with Crippen molar-refractivity contribution in [1.29, 1.82) is 0 Å². The van der Waals surface area contributed by atoms with Crippen molar-refractivity contribution < 1.29 is 4.39 Å². The Labute approximate surface area is 108 Å². The molecule has 2 aromatic rings. The quantitative estimate of drug-likeness (QED) is 0.902. The van der Waals surface area contributed by atoms with Crippen LogP contribution in [0, 0.1) is 12.7 Å². The van der Waals surface area contributed by atoms with Crippen LogP contribution in [-0.2, 0) is 6.54 Å². The zero-order valence-corrected chi connectivity index (χ0v) is 10.4. The fraction of sp³-hybridized carbons (Fsp3) is 0.167. The summed E-state index contributed by atoms with van der Waals surface area (Å²) in [7, 11) is 0. The molecule has 1 aromatic heterocycles. The first-order valence-electron chi connectivity index (χ1n) is 5.28. The Morgan fingerprint density at radius 2 is 2.17 bits per heavy atom. The summed E-state index contributed by atoms with van der Waals surface area (Å²) in [6.45, 7) is 1.78. The molecule has 0 atom stereocenters. The second kappa shape index (κ2) is 4.88. The van der Waals surface area contributed by atoms with Gasteiger partial charge in [0.1, 0.15) is 11.5 Å². The lowest BCUT2D eigenvalue weighted by Gasteiger charge is -2.11. The highest BCUT2D eigenvalue weighted by molar-refractivity contribution is 6.30. The molecule has 94 valence electrons. The van der Waals surface area contributed by atoms with Crippen LogP contribution in [0.2, 0.25) is 5.02 Å². The molecule has 0 saturated heterocycles. The molecule has 0 aliphatic carbocycles. The molecule has 4 nitrogen and oxygen atoms in total. The molecule has 0 spiro atoms. The van der Waals surface area contributed by atoms with Crippen LogP contribution in [0.5, 0.6) is 0 Å². The van der Waals surface area contributed by atoms with Crippen molar-refractivity contribution in [2.75, 3.05) is 0 Å². The molecule has 0 aliphatic rings. The SMILES string of the molecule is Cc1cc(=O)c(CN)nn1-c1ccc(F)c(Cl)c1. The van der Waals surface area contributed by atoms with Gasteiger partial charge in [-0.15, -0.1) is 0 Å². The van der Waals surface area contributed by atoms with Gasteiger partial charge < -0.3 is 5.73 Å². The van der Waals surface area contributed by atoms with E-state index in [-0.39, 0.29) is 22.7 Å². The van der Waals surface area contributed by atoms with E-state index in [9.17, 15) is 9.18 Å². The summed E-state index contributed by atoms with van der Waals surface area (Å²) in [5.74, 6) is -0.502. The third-order valence-electron chi connectivity index (χ3n) is 2.52. The minimum Gasteiger partial charge on any atom is -0.325 e. The normalized spacial score (nSPS) is 10.7. The molecule has 2 N–H and O–H groups in total. The number of rotatable bonds is 2. The third kappa shape index (κ3) is 2.27. The molecule has 0 saturated carbocycles. The van der Waals surface area contributed by atoms with Gasteiger partial charge in [-0.3, -0.25) is 4.79 Å². The van der Waals surface area contributed by atoms with Gasteiger partial charge in [-0.2, -0.15) is 5.10 Å². The molecule has 0 fully saturated rings. The first-order chi connectivity index (χ1) is 8.52. The molecule has 0 radical (unpaired) electrons. The van der Waals surface area contributed by atoms with Crippen molar-refractivity contribution in [2.24, 2.45) is 5.73 Å². The van der Waals surface area contributed by atoms with E-state index in [1.807, 2.05) is 0 Å². The van der Waals surface area contributed by atoms with E-state index in [0.717, 1.165) is 0 Å². The lowest BCUT2D eigenvalue weighted by atomic mass is 10.2. The average molecular weight is 268 g/mol. The molecule has 6 heteroatoms. The number of nitrogens with two attached hydrogens (primary N) is 1. The molecule has 0 aliphatic heterocycles. The lowest BCUT2D eigenvalue weighted by Crippen LogP contribution is -2.21. The number of aromatic nitrogens is 2. The molecule has 18 heavy (non-hydrogen) atoms. The number of benzene rings is 1. The number of hydrogen-bond donors (Lipinski definition) is 1. The van der Waals surface area contributed by atoms with E-state index < -0.39 is 5.82 Å². The highest BCUT2D eigenvalue weighted by Gasteiger charge is 2.08. The molecule has 2 rings (SSSR count). The van der Waals surface area contributed by atoms with Gasteiger partial charge in [-0.05, 0) is 25.1 Å². The maximum Gasteiger partial charge on any atom is 0.204 e. The standard InChI is InChI=1S/C12H11ClFN3O/c1-7-4-12(18)11(6-15)16-17(7)8-2-3-10(14)9(13)5-8/h2-5H,6,15H2,1H3. The monoisotopic (exact) mass is 267 g/mol. The number of aryl methyl sites for hydroxylation is 1. The van der Waals surface area contributed by atoms with E-state index >= 15 is 0 Å². The summed E-state index contributed by atoms with van der Waals surface area (Å²) in [6.07, 6.45) is 0. The van der Waals surface area contributed by atoms with Crippen LogP contribution >= 0.6 is 11.6 Å². The van der Waals surface area contributed by atoms with Crippen molar-refractivity contribution in [1.82, 2.24) is 9.78 Å². The summed E-state index contributed by atoms with van der Waals surface area (Å²) >= 11 is 5.72. The Morgan fingerprint density at radius 1 is 1.44 bits per heavy atom. The predicted molar refractivity (Wildman–Crippen MR) is 67.4 cm³/mol. The zero-order chi connectivity index (χ0) is 13.3. The molecular weight excluding hydrogens is 257 g/mol. The minimum absolute atomic E-state index is 0.00157. The highest BCUT2D eigenvalue weighted by Crippen LogP contribution is 2.18. The van der Waals surface area contributed by atoms with Crippen molar-refractivity contribution >= 4 is 11.6 Å². The topological polar surface area (TPSA) is 60.9 Å². The Kier molecular flexibility index (Phi) is 3.45. The summed E-state index contributed by atoms with van der Waals surface area (Å²) < 4.78 is 14.6. The van der Waals surface area contributed by atoms with Crippen LogP contribution < -0.4 is 11.2 Å². The van der Waals surface area contributed by atoms with Crippen LogP contribution in [0.4, 0.5) is 4.39 Å². The van der Waals surface area contributed by atoms with E-state index in [2.05, 4.69) is 5.10 Å². The molecule has 1 aromatic carbocycles. The van der Waals surface area contributed by atoms with Gasteiger partial charge in [0.25, 0.3) is 0 Å². The Balaban J connectivity index is 2.63. The number of hydrogen-bond acceptors (Lipinski definition) is 3. The number of halogens is 2. The predicted octanol–water partition coefficient (Wildman–Crippen LogP) is 1.79. The molecule has 0 amide bonds. The van der Waals surface area contributed by atoms with Crippen molar-refractivity contribution in [3.8, 4) is 5.69 Å². The second-order valence-corrected chi connectivity index (χ2v) is 4.22. The van der Waals surface area contributed by atoms with Gasteiger partial charge >= 0.3 is 0 Å². The fourth-order valence-corrected chi connectivity index (χ4v) is 1.78. The van der Waals surface area contributed by atoms with Crippen molar-refractivity contribution in [2.45, 2.75) is 13.5 Å². The lowest BCUT2D eigenvalue weighted by molar-refractivity contribution is 0.626. The maximum absolute atomic E-state index is 13.1. The van der Waals surface area contributed by atoms with E-state index in [0.29, 0.717) is 11.4 Å². The first kappa shape index (κ1) is 12.7. The van der Waals surface area contributed by atoms with Gasteiger partial charge in [0.15, 0.2) is 0 Å². The van der Waals surface area contributed by atoms with Crippen LogP contribution in [0.1, 0.15) is 11.4 Å². The summed E-state index contributed by atoms with van der Waals surface area (Å²) in [4.78, 5) is 11.5. The highest BCUT2D eigenvalue weighted by atomic mass is 35.5. The van der Waals surface area contributed by atoms with Crippen molar-refractivity contribution in [3.63, 3.8) is 0 Å². The number of nitrogens with zero attached hydrogens (tertiary/aromatic N) is 2. The Morgan fingerprint density at radius 3 is 2.78 bits per heavy atom. The van der Waals surface area contributed by atoms with Gasteiger partial charge in [0.05, 0.1) is 10.7 Å². The maximum atomic E-state index is 13.1. The van der Waals surface area contributed by atoms with E-state index in [1.165, 1.54) is 28.9 Å². The summed E-state index contributed by atoms with van der Waals surface area (Å²) in [5, 5.41) is 4.13. The van der Waals surface area contributed by atoms with Gasteiger partial charge in [-0.1, -0.05) is 11.6 Å². The molecule has 1 heterocycles. The van der Waals surface area contributed by atoms with E-state index in [1.54, 1.807) is 6.92 Å². The van der Waals surface area contributed by atoms with E-state index in [4.69, 9.17) is 17.3 Å². The van der Waals surface area contributed by atoms with Gasteiger partial charge in [0.2, 0.25) is 5.43 Å². The van der Waals surface area contributed by atoms with Gasteiger partial charge in [0, 0.05) is 18.3 Å². The average Bonchev–Trinajstić information content (AvgIpc) is 2.33. The first-order valence-corrected chi connectivity index (χ1v) is 5.66. The van der Waals surface area contributed by atoms with Crippen LogP contribution in [0.25, 0.3) is 5.69 Å². The van der Waals surface area contributed by atoms with Crippen LogP contribution in [0.3, 0.4) is 0 Å². The minimum atomic E-state index is -0.502. The fourth-order valence-electron chi connectivity index (χ4n) is 1.60.